The molecule has 160 valence electrons. The van der Waals surface area contributed by atoms with Crippen LogP contribution in [-0.2, 0) is 16.8 Å². The van der Waals surface area contributed by atoms with Gasteiger partial charge in [-0.15, -0.1) is 0 Å². The Kier molecular flexibility index (Phi) is 6.75. The summed E-state index contributed by atoms with van der Waals surface area (Å²) in [6.45, 7) is 11.4. The summed E-state index contributed by atoms with van der Waals surface area (Å²) in [4.78, 5) is 24.9. The summed E-state index contributed by atoms with van der Waals surface area (Å²) in [5.74, 6) is 0.306. The molecule has 0 radical (unpaired) electrons. The molecule has 0 saturated carbocycles. The third-order valence-corrected chi connectivity index (χ3v) is 5.23. The average Bonchev–Trinajstić information content (AvgIpc) is 3.19. The molecule has 0 aliphatic heterocycles. The highest BCUT2D eigenvalue weighted by Crippen LogP contribution is 2.26. The van der Waals surface area contributed by atoms with Crippen LogP contribution in [-0.4, -0.2) is 27.5 Å². The largest absolute Gasteiger partial charge is 0.477 e. The van der Waals surface area contributed by atoms with Crippen molar-refractivity contribution in [3.63, 3.8) is 0 Å². The van der Waals surface area contributed by atoms with Crippen molar-refractivity contribution < 1.29 is 9.53 Å². The van der Waals surface area contributed by atoms with Crippen LogP contribution in [0.25, 0.3) is 11.0 Å². The molecule has 0 saturated heterocycles. The van der Waals surface area contributed by atoms with E-state index >= 15 is 0 Å². The summed E-state index contributed by atoms with van der Waals surface area (Å²) in [7, 11) is 0. The van der Waals surface area contributed by atoms with Crippen molar-refractivity contribution in [3.8, 4) is 5.88 Å². The fourth-order valence-corrected chi connectivity index (χ4v) is 3.17. The molecule has 2 N–H and O–H groups in total. The zero-order chi connectivity index (χ0) is 21.7. The van der Waals surface area contributed by atoms with Crippen molar-refractivity contribution in [2.75, 3.05) is 6.61 Å². The predicted octanol–water partition coefficient (Wildman–Crippen LogP) is 4.85. The second-order valence-corrected chi connectivity index (χ2v) is 8.73. The minimum atomic E-state index is -0.274. The summed E-state index contributed by atoms with van der Waals surface area (Å²) in [5.41, 5.74) is 4.58. The van der Waals surface area contributed by atoms with Gasteiger partial charge in [-0.05, 0) is 37.1 Å². The molecule has 1 unspecified atom stereocenters. The van der Waals surface area contributed by atoms with Crippen molar-refractivity contribution in [2.24, 2.45) is 0 Å². The van der Waals surface area contributed by atoms with E-state index in [9.17, 15) is 4.79 Å². The highest BCUT2D eigenvalue weighted by molar-refractivity contribution is 5.85. The number of benzene rings is 1. The van der Waals surface area contributed by atoms with E-state index in [1.54, 1.807) is 6.33 Å². The lowest BCUT2D eigenvalue weighted by atomic mass is 9.91. The van der Waals surface area contributed by atoms with E-state index in [1.165, 1.54) is 0 Å². The fourth-order valence-electron chi connectivity index (χ4n) is 3.17. The number of aromatic nitrogens is 3. The van der Waals surface area contributed by atoms with Crippen LogP contribution >= 0.6 is 0 Å². The molecule has 2 heterocycles. The molecule has 1 aromatic carbocycles. The number of imidazole rings is 1. The molecule has 6 nitrogen and oxygen atoms in total. The van der Waals surface area contributed by atoms with Gasteiger partial charge in [-0.3, -0.25) is 4.79 Å². The van der Waals surface area contributed by atoms with Gasteiger partial charge in [0, 0.05) is 23.2 Å². The lowest BCUT2D eigenvalue weighted by molar-refractivity contribution is -0.122. The van der Waals surface area contributed by atoms with Crippen LogP contribution in [0.5, 0.6) is 5.88 Å². The van der Waals surface area contributed by atoms with Crippen LogP contribution in [0.3, 0.4) is 0 Å². The summed E-state index contributed by atoms with van der Waals surface area (Å²) in [5, 5.41) is 3.04. The van der Waals surface area contributed by atoms with Gasteiger partial charge in [0.25, 0.3) is 0 Å². The topological polar surface area (TPSA) is 79.9 Å². The summed E-state index contributed by atoms with van der Waals surface area (Å²) < 4.78 is 5.96. The third-order valence-electron chi connectivity index (χ3n) is 5.23. The molecule has 0 aliphatic rings. The van der Waals surface area contributed by atoms with Crippen LogP contribution in [0.15, 0.2) is 36.7 Å². The van der Waals surface area contributed by atoms with E-state index in [2.05, 4.69) is 43.0 Å². The van der Waals surface area contributed by atoms with Crippen molar-refractivity contribution in [2.45, 2.75) is 65.3 Å². The van der Waals surface area contributed by atoms with E-state index in [4.69, 9.17) is 9.72 Å². The van der Waals surface area contributed by atoms with Crippen LogP contribution in [0.2, 0.25) is 0 Å². The number of unbranched alkanes of at least 4 members (excludes halogenated alkanes) is 1. The molecule has 0 aliphatic carbocycles. The molecular formula is C24H32N4O2. The first kappa shape index (κ1) is 21.8. The Bertz CT molecular complexity index is 1000. The summed E-state index contributed by atoms with van der Waals surface area (Å²) in [6.07, 6.45) is 3.69. The number of aromatic amines is 1. The zero-order valence-electron chi connectivity index (χ0n) is 18.6. The van der Waals surface area contributed by atoms with E-state index in [-0.39, 0.29) is 17.2 Å². The number of nitrogens with one attached hydrogen (secondary N) is 2. The maximum Gasteiger partial charge on any atom is 0.227 e. The van der Waals surface area contributed by atoms with Gasteiger partial charge in [0.15, 0.2) is 0 Å². The van der Waals surface area contributed by atoms with Gasteiger partial charge in [-0.2, -0.15) is 0 Å². The second kappa shape index (κ2) is 9.28. The second-order valence-electron chi connectivity index (χ2n) is 8.73. The molecule has 1 atom stereocenters. The predicted molar refractivity (Wildman–Crippen MR) is 120 cm³/mol. The van der Waals surface area contributed by atoms with Crippen molar-refractivity contribution in [3.05, 3.63) is 53.5 Å². The van der Waals surface area contributed by atoms with Gasteiger partial charge >= 0.3 is 0 Å². The van der Waals surface area contributed by atoms with E-state index in [0.29, 0.717) is 19.0 Å². The molecule has 6 heteroatoms. The number of hydrogen-bond acceptors (Lipinski definition) is 4. The molecule has 3 rings (SSSR count). The maximum atomic E-state index is 12.8. The van der Waals surface area contributed by atoms with Crippen molar-refractivity contribution in [1.29, 1.82) is 0 Å². The number of amides is 1. The monoisotopic (exact) mass is 408 g/mol. The van der Waals surface area contributed by atoms with Gasteiger partial charge < -0.3 is 15.0 Å². The molecule has 0 bridgehead atoms. The Morgan fingerprint density at radius 1 is 1.23 bits per heavy atom. The van der Waals surface area contributed by atoms with Crippen LogP contribution in [0.4, 0.5) is 0 Å². The Balaban J connectivity index is 1.71. The van der Waals surface area contributed by atoms with Gasteiger partial charge in [0.1, 0.15) is 0 Å². The molecular weight excluding hydrogens is 376 g/mol. The average molecular weight is 409 g/mol. The van der Waals surface area contributed by atoms with E-state index in [1.807, 2.05) is 37.3 Å². The number of carbonyl (C=O) groups is 1. The number of carbonyl (C=O) groups excluding carboxylic acids is 1. The first-order valence-electron chi connectivity index (χ1n) is 10.6. The van der Waals surface area contributed by atoms with Crippen molar-refractivity contribution >= 4 is 16.9 Å². The van der Waals surface area contributed by atoms with Crippen molar-refractivity contribution in [1.82, 2.24) is 20.3 Å². The number of pyridine rings is 1. The smallest absolute Gasteiger partial charge is 0.227 e. The Morgan fingerprint density at radius 2 is 2.03 bits per heavy atom. The molecule has 30 heavy (non-hydrogen) atoms. The van der Waals surface area contributed by atoms with Gasteiger partial charge in [0.2, 0.25) is 11.8 Å². The highest BCUT2D eigenvalue weighted by Gasteiger charge is 2.20. The van der Waals surface area contributed by atoms with Gasteiger partial charge in [-0.25, -0.2) is 9.97 Å². The third kappa shape index (κ3) is 5.17. The first-order valence-corrected chi connectivity index (χ1v) is 10.6. The minimum Gasteiger partial charge on any atom is -0.477 e. The number of fused-ring (bicyclic) bond motifs is 1. The molecule has 0 fully saturated rings. The van der Waals surface area contributed by atoms with Crippen LogP contribution in [0, 0.1) is 0 Å². The van der Waals surface area contributed by atoms with Gasteiger partial charge in [0.05, 0.1) is 29.9 Å². The number of ether oxygens (including phenoxy) is 1. The first-order chi connectivity index (χ1) is 14.3. The fraction of sp³-hybridized carbons (Fsp3) is 0.458. The number of nitrogens with zero attached hydrogens (tertiary/aromatic N) is 2. The van der Waals surface area contributed by atoms with Crippen LogP contribution < -0.4 is 10.1 Å². The Morgan fingerprint density at radius 3 is 2.77 bits per heavy atom. The number of hydrogen-bond donors (Lipinski definition) is 2. The Hall–Kier alpha value is -2.89. The number of H-pyrrole nitrogens is 1. The normalized spacial score (nSPS) is 12.7. The SMILES string of the molecule is CCCCOc1nc(C(C)(C)C)ccc1CNC(=O)C(C)c1ccc2nc[nH]c2c1. The molecule has 1 amide bonds. The standard InChI is InChI=1S/C24H32N4O2/c1-6-7-12-30-23-18(9-11-21(28-23)24(3,4)5)14-25-22(29)16(2)17-8-10-19-20(13-17)27-15-26-19/h8-11,13,15-16H,6-7,12,14H2,1-5H3,(H,25,29)(H,26,27). The van der Waals surface area contributed by atoms with E-state index in [0.717, 1.165) is 40.7 Å². The molecule has 3 aromatic rings. The molecule has 2 aromatic heterocycles. The summed E-state index contributed by atoms with van der Waals surface area (Å²) >= 11 is 0. The molecule has 0 spiro atoms. The maximum absolute atomic E-state index is 12.8. The van der Waals surface area contributed by atoms with Crippen LogP contribution in [0.1, 0.15) is 70.2 Å². The quantitative estimate of drug-likeness (QED) is 0.522. The summed E-state index contributed by atoms with van der Waals surface area (Å²) in [6, 6.07) is 9.89. The highest BCUT2D eigenvalue weighted by atomic mass is 16.5. The van der Waals surface area contributed by atoms with Gasteiger partial charge in [-0.1, -0.05) is 46.2 Å². The zero-order valence-corrected chi connectivity index (χ0v) is 18.6. The number of rotatable bonds is 8. The minimum absolute atomic E-state index is 0.0340. The lowest BCUT2D eigenvalue weighted by Gasteiger charge is -2.20. The lowest BCUT2D eigenvalue weighted by Crippen LogP contribution is -2.28. The Labute approximate surface area is 178 Å². The van der Waals surface area contributed by atoms with E-state index < -0.39 is 0 Å².